The van der Waals surface area contributed by atoms with Crippen molar-refractivity contribution in [2.45, 2.75) is 33.8 Å². The number of hydrogen-bond donors (Lipinski definition) is 1. The second kappa shape index (κ2) is 6.05. The smallest absolute Gasteiger partial charge is 0.213 e. The van der Waals surface area contributed by atoms with Crippen LogP contribution in [0.5, 0.6) is 5.88 Å². The molecule has 0 amide bonds. The fourth-order valence-electron chi connectivity index (χ4n) is 2.36. The van der Waals surface area contributed by atoms with E-state index in [0.29, 0.717) is 22.6 Å². The Morgan fingerprint density at radius 3 is 2.45 bits per heavy atom. The van der Waals surface area contributed by atoms with Crippen LogP contribution in [-0.2, 0) is 0 Å². The van der Waals surface area contributed by atoms with E-state index >= 15 is 0 Å². The maximum Gasteiger partial charge on any atom is 0.213 e. The summed E-state index contributed by atoms with van der Waals surface area (Å²) in [7, 11) is 1.49. The Balaban J connectivity index is 2.66. The minimum atomic E-state index is -0.707. The van der Waals surface area contributed by atoms with Gasteiger partial charge in [0.25, 0.3) is 0 Å². The molecular weight excluding hydrogens is 281 g/mol. The van der Waals surface area contributed by atoms with E-state index in [4.69, 9.17) is 4.74 Å². The number of aliphatic hydroxyl groups is 1. The van der Waals surface area contributed by atoms with Crippen LogP contribution in [0.4, 0.5) is 4.39 Å². The van der Waals surface area contributed by atoms with Crippen LogP contribution in [-0.4, -0.2) is 17.2 Å². The number of benzene rings is 1. The number of pyridine rings is 1. The number of methoxy groups -OCH3 is 1. The third kappa shape index (κ3) is 3.28. The highest BCUT2D eigenvalue weighted by Gasteiger charge is 2.27. The fraction of sp³-hybridized carbons (Fsp3) is 0.389. The van der Waals surface area contributed by atoms with E-state index in [2.05, 4.69) is 4.98 Å². The molecule has 0 aliphatic carbocycles. The number of rotatable bonds is 3. The van der Waals surface area contributed by atoms with Gasteiger partial charge in [0.15, 0.2) is 0 Å². The van der Waals surface area contributed by atoms with Crippen LogP contribution in [0.3, 0.4) is 0 Å². The van der Waals surface area contributed by atoms with Gasteiger partial charge in [0.1, 0.15) is 5.82 Å². The fourth-order valence-corrected chi connectivity index (χ4v) is 2.36. The lowest BCUT2D eigenvalue weighted by atomic mass is 9.81. The molecule has 0 unspecified atom stereocenters. The Morgan fingerprint density at radius 2 is 1.86 bits per heavy atom. The van der Waals surface area contributed by atoms with Crippen molar-refractivity contribution in [1.29, 1.82) is 0 Å². The Hall–Kier alpha value is -1.94. The minimum Gasteiger partial charge on any atom is -0.481 e. The first kappa shape index (κ1) is 16.4. The molecule has 0 spiro atoms. The number of aryl methyl sites for hydroxylation is 1. The first-order valence-electron chi connectivity index (χ1n) is 7.22. The van der Waals surface area contributed by atoms with E-state index in [-0.39, 0.29) is 5.41 Å². The van der Waals surface area contributed by atoms with E-state index in [1.54, 1.807) is 6.07 Å². The van der Waals surface area contributed by atoms with Gasteiger partial charge in [0.2, 0.25) is 5.88 Å². The summed E-state index contributed by atoms with van der Waals surface area (Å²) in [4.78, 5) is 3.86. The molecule has 0 bridgehead atoms. The summed E-state index contributed by atoms with van der Waals surface area (Å²) in [6, 6.07) is 7.19. The minimum absolute atomic E-state index is 0.341. The monoisotopic (exact) mass is 303 g/mol. The summed E-state index contributed by atoms with van der Waals surface area (Å²) in [5.41, 5.74) is 2.41. The van der Waals surface area contributed by atoms with Gasteiger partial charge in [-0.2, -0.15) is 0 Å². The summed E-state index contributed by atoms with van der Waals surface area (Å²) in [5, 5.41) is 10.7. The molecule has 2 aromatic rings. The summed E-state index contributed by atoms with van der Waals surface area (Å²) < 4.78 is 19.3. The second-order valence-corrected chi connectivity index (χ2v) is 6.57. The van der Waals surface area contributed by atoms with Gasteiger partial charge in [-0.05, 0) is 23.5 Å². The average Bonchev–Trinajstić information content (AvgIpc) is 2.46. The number of halogens is 1. The molecule has 2 rings (SSSR count). The lowest BCUT2D eigenvalue weighted by Crippen LogP contribution is -2.18. The highest BCUT2D eigenvalue weighted by molar-refractivity contribution is 5.69. The van der Waals surface area contributed by atoms with Gasteiger partial charge < -0.3 is 9.84 Å². The van der Waals surface area contributed by atoms with Crippen LogP contribution in [0.15, 0.2) is 30.5 Å². The molecule has 22 heavy (non-hydrogen) atoms. The molecule has 0 saturated heterocycles. The van der Waals surface area contributed by atoms with E-state index < -0.39 is 11.9 Å². The van der Waals surface area contributed by atoms with Crippen LogP contribution in [0.2, 0.25) is 0 Å². The molecule has 1 heterocycles. The number of nitrogens with zero attached hydrogens (tertiary/aromatic N) is 1. The molecule has 118 valence electrons. The van der Waals surface area contributed by atoms with Crippen molar-refractivity contribution in [3.8, 4) is 17.0 Å². The summed E-state index contributed by atoms with van der Waals surface area (Å²) in [6.07, 6.45) is 0.433. The van der Waals surface area contributed by atoms with Crippen LogP contribution >= 0.6 is 0 Å². The van der Waals surface area contributed by atoms with Crippen molar-refractivity contribution in [3.05, 3.63) is 47.4 Å². The predicted octanol–water partition coefficient (Wildman–Crippen LogP) is 4.28. The highest BCUT2D eigenvalue weighted by atomic mass is 19.1. The van der Waals surface area contributed by atoms with Crippen molar-refractivity contribution >= 4 is 0 Å². The quantitative estimate of drug-likeness (QED) is 0.920. The second-order valence-electron chi connectivity index (χ2n) is 6.57. The maximum absolute atomic E-state index is 14.2. The van der Waals surface area contributed by atoms with Gasteiger partial charge in [-0.25, -0.2) is 9.37 Å². The lowest BCUT2D eigenvalue weighted by Gasteiger charge is -2.28. The third-order valence-corrected chi connectivity index (χ3v) is 3.65. The Kier molecular flexibility index (Phi) is 4.52. The first-order valence-corrected chi connectivity index (χ1v) is 7.22. The van der Waals surface area contributed by atoms with E-state index in [1.165, 1.54) is 7.11 Å². The zero-order valence-electron chi connectivity index (χ0n) is 13.6. The molecule has 0 aliphatic heterocycles. The SMILES string of the molecule is COc1cc(-c2ccc(C)cc2[C@@H](O)C(C)(C)C)c(F)cn1. The van der Waals surface area contributed by atoms with Crippen molar-refractivity contribution < 1.29 is 14.2 Å². The molecule has 4 heteroatoms. The molecule has 1 aromatic heterocycles. The topological polar surface area (TPSA) is 42.4 Å². The van der Waals surface area contributed by atoms with Crippen molar-refractivity contribution in [1.82, 2.24) is 4.98 Å². The number of hydrogen-bond acceptors (Lipinski definition) is 3. The van der Waals surface area contributed by atoms with Gasteiger partial charge in [-0.15, -0.1) is 0 Å². The van der Waals surface area contributed by atoms with E-state index in [1.807, 2.05) is 45.9 Å². The Bertz CT molecular complexity index is 677. The molecule has 1 aromatic carbocycles. The van der Waals surface area contributed by atoms with E-state index in [9.17, 15) is 9.50 Å². The van der Waals surface area contributed by atoms with Crippen LogP contribution in [0, 0.1) is 18.2 Å². The predicted molar refractivity (Wildman–Crippen MR) is 85.3 cm³/mol. The Labute approximate surface area is 130 Å². The van der Waals surface area contributed by atoms with Crippen molar-refractivity contribution in [2.75, 3.05) is 7.11 Å². The molecule has 0 radical (unpaired) electrons. The molecule has 1 atom stereocenters. The summed E-state index contributed by atoms with van der Waals surface area (Å²) in [5.74, 6) is -0.0971. The summed E-state index contributed by atoms with van der Waals surface area (Å²) in [6.45, 7) is 7.81. The van der Waals surface area contributed by atoms with Gasteiger partial charge in [0, 0.05) is 11.6 Å². The summed E-state index contributed by atoms with van der Waals surface area (Å²) >= 11 is 0. The van der Waals surface area contributed by atoms with Crippen LogP contribution in [0.25, 0.3) is 11.1 Å². The normalized spacial score (nSPS) is 13.0. The van der Waals surface area contributed by atoms with E-state index in [0.717, 1.165) is 11.8 Å². The van der Waals surface area contributed by atoms with Crippen LogP contribution < -0.4 is 4.74 Å². The third-order valence-electron chi connectivity index (χ3n) is 3.65. The zero-order chi connectivity index (χ0) is 16.5. The standard InChI is InChI=1S/C18H22FNO2/c1-11-6-7-12(14(8-11)17(21)18(2,3)4)13-9-16(22-5)20-10-15(13)19/h6-10,17,21H,1-5H3/t17-/m1/s1. The lowest BCUT2D eigenvalue weighted by molar-refractivity contribution is 0.0631. The van der Waals surface area contributed by atoms with Gasteiger partial charge in [0.05, 0.1) is 19.4 Å². The molecule has 1 N–H and O–H groups in total. The van der Waals surface area contributed by atoms with Crippen molar-refractivity contribution in [3.63, 3.8) is 0 Å². The number of ether oxygens (including phenoxy) is 1. The Morgan fingerprint density at radius 1 is 1.18 bits per heavy atom. The van der Waals surface area contributed by atoms with Crippen molar-refractivity contribution in [2.24, 2.45) is 5.41 Å². The highest BCUT2D eigenvalue weighted by Crippen LogP contribution is 2.39. The molecule has 0 aliphatic rings. The van der Waals surface area contributed by atoms with Gasteiger partial charge in [-0.3, -0.25) is 0 Å². The first-order chi connectivity index (χ1) is 10.2. The molecule has 0 fully saturated rings. The largest absolute Gasteiger partial charge is 0.481 e. The van der Waals surface area contributed by atoms with Gasteiger partial charge >= 0.3 is 0 Å². The molecule has 0 saturated carbocycles. The number of aliphatic hydroxyl groups excluding tert-OH is 1. The maximum atomic E-state index is 14.2. The van der Waals surface area contributed by atoms with Crippen LogP contribution in [0.1, 0.15) is 38.0 Å². The molecular formula is C18H22FNO2. The molecule has 3 nitrogen and oxygen atoms in total. The number of aromatic nitrogens is 1. The zero-order valence-corrected chi connectivity index (χ0v) is 13.6. The average molecular weight is 303 g/mol. The van der Waals surface area contributed by atoms with Gasteiger partial charge in [-0.1, -0.05) is 44.5 Å².